The van der Waals surface area contributed by atoms with Crippen LogP contribution in [0.3, 0.4) is 0 Å². The third-order valence-corrected chi connectivity index (χ3v) is 4.28. The fourth-order valence-electron chi connectivity index (χ4n) is 2.56. The zero-order valence-electron chi connectivity index (χ0n) is 12.5. The first-order valence-corrected chi connectivity index (χ1v) is 7.82. The van der Waals surface area contributed by atoms with Crippen LogP contribution in [0.15, 0.2) is 22.7 Å². The number of benzene rings is 1. The van der Waals surface area contributed by atoms with Crippen LogP contribution in [0.1, 0.15) is 18.4 Å². The number of nitrogens with one attached hydrogen (secondary N) is 2. The summed E-state index contributed by atoms with van der Waals surface area (Å²) in [5.41, 5.74) is 1.95. The summed E-state index contributed by atoms with van der Waals surface area (Å²) in [4.78, 5) is 14.3. The number of hydrogen-bond donors (Lipinski definition) is 2. The van der Waals surface area contributed by atoms with E-state index in [1.165, 1.54) is 0 Å². The van der Waals surface area contributed by atoms with Gasteiger partial charge < -0.3 is 10.6 Å². The zero-order chi connectivity index (χ0) is 14.5. The van der Waals surface area contributed by atoms with Crippen molar-refractivity contribution in [2.45, 2.75) is 25.8 Å². The first kappa shape index (κ1) is 18.4. The summed E-state index contributed by atoms with van der Waals surface area (Å²) in [5.74, 6) is 0.0523. The molecule has 0 aromatic heterocycles. The molecule has 118 valence electrons. The summed E-state index contributed by atoms with van der Waals surface area (Å²) in [6, 6.07) is 6.39. The van der Waals surface area contributed by atoms with Crippen molar-refractivity contribution in [1.82, 2.24) is 10.2 Å². The molecule has 6 heteroatoms. The average molecular weight is 377 g/mol. The molecule has 1 saturated heterocycles. The number of anilines is 1. The maximum Gasteiger partial charge on any atom is 0.238 e. The van der Waals surface area contributed by atoms with E-state index in [1.54, 1.807) is 0 Å². The molecule has 1 aromatic carbocycles. The van der Waals surface area contributed by atoms with Crippen molar-refractivity contribution < 1.29 is 4.79 Å². The molecule has 4 nitrogen and oxygen atoms in total. The molecule has 1 aromatic rings. The van der Waals surface area contributed by atoms with Gasteiger partial charge in [0, 0.05) is 16.2 Å². The Labute approximate surface area is 141 Å². The molecular weight excluding hydrogens is 354 g/mol. The second kappa shape index (κ2) is 8.73. The van der Waals surface area contributed by atoms with E-state index >= 15 is 0 Å². The number of halogens is 2. The number of carbonyl (C=O) groups excluding carboxylic acids is 1. The van der Waals surface area contributed by atoms with E-state index in [0.717, 1.165) is 41.7 Å². The Morgan fingerprint density at radius 1 is 1.43 bits per heavy atom. The average Bonchev–Trinajstić information content (AvgIpc) is 2.43. The van der Waals surface area contributed by atoms with Gasteiger partial charge in [0.15, 0.2) is 0 Å². The zero-order valence-corrected chi connectivity index (χ0v) is 14.9. The van der Waals surface area contributed by atoms with E-state index < -0.39 is 0 Å². The summed E-state index contributed by atoms with van der Waals surface area (Å²) < 4.78 is 1.03. The molecule has 1 amide bonds. The lowest BCUT2D eigenvalue weighted by Crippen LogP contribution is -2.44. The maximum atomic E-state index is 12.1. The summed E-state index contributed by atoms with van der Waals surface area (Å²) in [6.07, 6.45) is 2.22. The highest BCUT2D eigenvalue weighted by Crippen LogP contribution is 2.20. The van der Waals surface area contributed by atoms with Crippen LogP contribution in [0.5, 0.6) is 0 Å². The summed E-state index contributed by atoms with van der Waals surface area (Å²) in [5, 5.41) is 6.33. The number of likely N-dealkylation sites (N-methyl/N-ethyl adjacent to an activating group) is 1. The molecule has 2 N–H and O–H groups in total. The lowest BCUT2D eigenvalue weighted by molar-refractivity contribution is -0.117. The van der Waals surface area contributed by atoms with Crippen molar-refractivity contribution in [2.24, 2.45) is 0 Å². The molecule has 0 aliphatic carbocycles. The molecule has 0 unspecified atom stereocenters. The topological polar surface area (TPSA) is 44.4 Å². The van der Waals surface area contributed by atoms with Gasteiger partial charge in [-0.05, 0) is 63.7 Å². The minimum atomic E-state index is 0. The Balaban J connectivity index is 0.00000220. The largest absolute Gasteiger partial charge is 0.325 e. The van der Waals surface area contributed by atoms with Crippen molar-refractivity contribution in [3.8, 4) is 0 Å². The molecule has 0 radical (unpaired) electrons. The standard InChI is InChI=1S/C15H22BrN3O.ClH/c1-11-9-12(16)3-4-14(11)18-15(20)10-19(2)13-5-7-17-8-6-13;/h3-4,9,13,17H,5-8,10H2,1-2H3,(H,18,20);1H. The lowest BCUT2D eigenvalue weighted by Gasteiger charge is -2.31. The van der Waals surface area contributed by atoms with Crippen molar-refractivity contribution in [3.63, 3.8) is 0 Å². The highest BCUT2D eigenvalue weighted by Gasteiger charge is 2.19. The number of piperidine rings is 1. The second-order valence-corrected chi connectivity index (χ2v) is 6.32. The van der Waals surface area contributed by atoms with Crippen LogP contribution in [-0.4, -0.2) is 43.5 Å². The third kappa shape index (κ3) is 5.58. The molecule has 0 saturated carbocycles. The van der Waals surface area contributed by atoms with Gasteiger partial charge in [-0.25, -0.2) is 0 Å². The molecule has 1 heterocycles. The minimum Gasteiger partial charge on any atom is -0.325 e. The summed E-state index contributed by atoms with van der Waals surface area (Å²) >= 11 is 3.43. The number of rotatable bonds is 4. The van der Waals surface area contributed by atoms with Crippen LogP contribution in [-0.2, 0) is 4.79 Å². The highest BCUT2D eigenvalue weighted by molar-refractivity contribution is 9.10. The van der Waals surface area contributed by atoms with Gasteiger partial charge in [0.1, 0.15) is 0 Å². The van der Waals surface area contributed by atoms with E-state index in [0.29, 0.717) is 12.6 Å². The van der Waals surface area contributed by atoms with Gasteiger partial charge in [-0.15, -0.1) is 12.4 Å². The molecule has 0 atom stereocenters. The Morgan fingerprint density at radius 2 is 2.10 bits per heavy atom. The molecule has 1 fully saturated rings. The first-order valence-electron chi connectivity index (χ1n) is 7.03. The smallest absolute Gasteiger partial charge is 0.238 e. The lowest BCUT2D eigenvalue weighted by atomic mass is 10.1. The molecule has 0 bridgehead atoms. The van der Waals surface area contributed by atoms with Crippen LogP contribution < -0.4 is 10.6 Å². The quantitative estimate of drug-likeness (QED) is 0.849. The van der Waals surface area contributed by atoms with Gasteiger partial charge in [-0.3, -0.25) is 9.69 Å². The minimum absolute atomic E-state index is 0. The first-order chi connectivity index (χ1) is 9.56. The van der Waals surface area contributed by atoms with Gasteiger partial charge >= 0.3 is 0 Å². The van der Waals surface area contributed by atoms with Crippen molar-refractivity contribution in [3.05, 3.63) is 28.2 Å². The van der Waals surface area contributed by atoms with Gasteiger partial charge in [-0.1, -0.05) is 15.9 Å². The van der Waals surface area contributed by atoms with Gasteiger partial charge in [0.2, 0.25) is 5.91 Å². The van der Waals surface area contributed by atoms with Gasteiger partial charge in [0.25, 0.3) is 0 Å². The van der Waals surface area contributed by atoms with Crippen LogP contribution in [0.2, 0.25) is 0 Å². The second-order valence-electron chi connectivity index (χ2n) is 5.40. The predicted octanol–water partition coefficient (Wildman–Crippen LogP) is 2.80. The molecule has 0 spiro atoms. The molecular formula is C15H23BrClN3O. The Morgan fingerprint density at radius 3 is 2.71 bits per heavy atom. The molecule has 1 aliphatic heterocycles. The molecule has 21 heavy (non-hydrogen) atoms. The summed E-state index contributed by atoms with van der Waals surface area (Å²) in [7, 11) is 2.03. The fourth-order valence-corrected chi connectivity index (χ4v) is 3.04. The number of amides is 1. The van der Waals surface area contributed by atoms with Crippen LogP contribution >= 0.6 is 28.3 Å². The molecule has 1 aliphatic rings. The Hall–Kier alpha value is -0.620. The SMILES string of the molecule is Cc1cc(Br)ccc1NC(=O)CN(C)C1CCNCC1.Cl. The Kier molecular flexibility index (Phi) is 7.66. The third-order valence-electron chi connectivity index (χ3n) is 3.79. The van der Waals surface area contributed by atoms with Gasteiger partial charge in [0.05, 0.1) is 6.54 Å². The maximum absolute atomic E-state index is 12.1. The van der Waals surface area contributed by atoms with Crippen LogP contribution in [0.25, 0.3) is 0 Å². The van der Waals surface area contributed by atoms with E-state index in [1.807, 2.05) is 32.2 Å². The van der Waals surface area contributed by atoms with Gasteiger partial charge in [-0.2, -0.15) is 0 Å². The van der Waals surface area contributed by atoms with E-state index in [-0.39, 0.29) is 18.3 Å². The Bertz CT molecular complexity index is 478. The van der Waals surface area contributed by atoms with Crippen molar-refractivity contribution >= 4 is 39.9 Å². The normalized spacial score (nSPS) is 15.6. The number of carbonyl (C=O) groups is 1. The summed E-state index contributed by atoms with van der Waals surface area (Å²) in [6.45, 7) is 4.53. The van der Waals surface area contributed by atoms with E-state index in [4.69, 9.17) is 0 Å². The van der Waals surface area contributed by atoms with Crippen molar-refractivity contribution in [2.75, 3.05) is 32.0 Å². The number of hydrogen-bond acceptors (Lipinski definition) is 3. The predicted molar refractivity (Wildman–Crippen MR) is 93.3 cm³/mol. The van der Waals surface area contributed by atoms with Crippen molar-refractivity contribution in [1.29, 1.82) is 0 Å². The van der Waals surface area contributed by atoms with Crippen LogP contribution in [0.4, 0.5) is 5.69 Å². The number of aryl methyl sites for hydroxylation is 1. The molecule has 2 rings (SSSR count). The highest BCUT2D eigenvalue weighted by atomic mass is 79.9. The van der Waals surface area contributed by atoms with E-state index in [2.05, 4.69) is 31.5 Å². The monoisotopic (exact) mass is 375 g/mol. The number of nitrogens with zero attached hydrogens (tertiary/aromatic N) is 1. The van der Waals surface area contributed by atoms with Crippen LogP contribution in [0, 0.1) is 6.92 Å². The fraction of sp³-hybridized carbons (Fsp3) is 0.533. The van der Waals surface area contributed by atoms with E-state index in [9.17, 15) is 4.79 Å².